The molecule has 1 aliphatic carbocycles. The molecule has 1 aliphatic rings. The van der Waals surface area contributed by atoms with Crippen LogP contribution in [0.5, 0.6) is 0 Å². The van der Waals surface area contributed by atoms with Crippen molar-refractivity contribution in [2.75, 3.05) is 0 Å². The van der Waals surface area contributed by atoms with E-state index in [1.54, 1.807) is 12.1 Å². The van der Waals surface area contributed by atoms with Gasteiger partial charge in [-0.25, -0.2) is 4.39 Å². The van der Waals surface area contributed by atoms with Crippen LogP contribution in [0, 0.1) is 11.7 Å². The van der Waals surface area contributed by atoms with Gasteiger partial charge in [0.25, 0.3) is 0 Å². The Hall–Kier alpha value is -0.410. The first-order chi connectivity index (χ1) is 6.04. The van der Waals surface area contributed by atoms with E-state index in [1.807, 2.05) is 6.92 Å². The van der Waals surface area contributed by atoms with E-state index in [4.69, 9.17) is 0 Å². The molecule has 0 radical (unpaired) electrons. The minimum absolute atomic E-state index is 0.163. The fourth-order valence-electron chi connectivity index (χ4n) is 1.61. The maximum atomic E-state index is 13.3. The molecule has 0 spiro atoms. The van der Waals surface area contributed by atoms with E-state index in [-0.39, 0.29) is 11.7 Å². The van der Waals surface area contributed by atoms with E-state index in [0.717, 1.165) is 4.47 Å². The van der Waals surface area contributed by atoms with Crippen LogP contribution in [0.2, 0.25) is 0 Å². The minimum atomic E-state index is -0.923. The zero-order valence-electron chi connectivity index (χ0n) is 7.22. The Balaban J connectivity index is 2.46. The van der Waals surface area contributed by atoms with Gasteiger partial charge in [-0.15, -0.1) is 0 Å². The minimum Gasteiger partial charge on any atom is -0.385 e. The second kappa shape index (κ2) is 2.79. The van der Waals surface area contributed by atoms with Crippen molar-refractivity contribution in [2.45, 2.75) is 18.9 Å². The van der Waals surface area contributed by atoms with E-state index < -0.39 is 5.60 Å². The highest BCUT2D eigenvalue weighted by molar-refractivity contribution is 9.10. The van der Waals surface area contributed by atoms with Crippen molar-refractivity contribution in [1.82, 2.24) is 0 Å². The molecular formula is C10H10BrFO. The van der Waals surface area contributed by atoms with E-state index in [1.165, 1.54) is 6.07 Å². The molecule has 1 aromatic carbocycles. The van der Waals surface area contributed by atoms with Crippen molar-refractivity contribution in [3.05, 3.63) is 34.1 Å². The normalized spacial score (nSPS) is 31.8. The van der Waals surface area contributed by atoms with Crippen LogP contribution in [0.25, 0.3) is 0 Å². The van der Waals surface area contributed by atoms with Crippen LogP contribution in [0.15, 0.2) is 22.7 Å². The van der Waals surface area contributed by atoms with Gasteiger partial charge in [0.1, 0.15) is 5.82 Å². The Bertz CT molecular complexity index is 353. The Kier molecular flexibility index (Phi) is 1.96. The third-order valence-electron chi connectivity index (χ3n) is 2.67. The first-order valence-electron chi connectivity index (χ1n) is 4.22. The van der Waals surface area contributed by atoms with E-state index in [9.17, 15) is 9.50 Å². The molecule has 2 rings (SSSR count). The molecule has 0 saturated heterocycles. The lowest BCUT2D eigenvalue weighted by Crippen LogP contribution is -2.10. The van der Waals surface area contributed by atoms with E-state index in [2.05, 4.69) is 15.9 Å². The van der Waals surface area contributed by atoms with Crippen LogP contribution in [-0.2, 0) is 5.60 Å². The highest BCUT2D eigenvalue weighted by Gasteiger charge is 2.52. The van der Waals surface area contributed by atoms with Crippen molar-refractivity contribution >= 4 is 15.9 Å². The lowest BCUT2D eigenvalue weighted by molar-refractivity contribution is 0.130. The van der Waals surface area contributed by atoms with Gasteiger partial charge in [-0.05, 0) is 30.5 Å². The molecule has 1 saturated carbocycles. The van der Waals surface area contributed by atoms with Crippen LogP contribution in [0.1, 0.15) is 18.9 Å². The first kappa shape index (κ1) is 9.16. The van der Waals surface area contributed by atoms with Crippen LogP contribution in [0.4, 0.5) is 4.39 Å². The molecule has 0 bridgehead atoms. The highest BCUT2D eigenvalue weighted by Crippen LogP contribution is 2.52. The number of benzene rings is 1. The Morgan fingerprint density at radius 1 is 1.62 bits per heavy atom. The molecule has 0 amide bonds. The zero-order valence-corrected chi connectivity index (χ0v) is 8.81. The van der Waals surface area contributed by atoms with Gasteiger partial charge in [0.15, 0.2) is 0 Å². The van der Waals surface area contributed by atoms with Gasteiger partial charge >= 0.3 is 0 Å². The first-order valence-corrected chi connectivity index (χ1v) is 5.01. The summed E-state index contributed by atoms with van der Waals surface area (Å²) in [4.78, 5) is 0. The number of halogens is 2. The van der Waals surface area contributed by atoms with Gasteiger partial charge in [0, 0.05) is 10.0 Å². The Morgan fingerprint density at radius 3 is 2.77 bits per heavy atom. The molecule has 13 heavy (non-hydrogen) atoms. The number of hydrogen-bond acceptors (Lipinski definition) is 1. The molecule has 0 aromatic heterocycles. The molecule has 70 valence electrons. The van der Waals surface area contributed by atoms with E-state index >= 15 is 0 Å². The Labute approximate surface area is 84.7 Å². The maximum Gasteiger partial charge on any atom is 0.129 e. The van der Waals surface area contributed by atoms with Crippen LogP contribution < -0.4 is 0 Å². The third-order valence-corrected chi connectivity index (χ3v) is 3.16. The average molecular weight is 245 g/mol. The summed E-state index contributed by atoms with van der Waals surface area (Å²) in [7, 11) is 0. The van der Waals surface area contributed by atoms with Crippen molar-refractivity contribution < 1.29 is 9.50 Å². The molecule has 1 aromatic rings. The van der Waals surface area contributed by atoms with Gasteiger partial charge in [-0.2, -0.15) is 0 Å². The van der Waals surface area contributed by atoms with Crippen LogP contribution >= 0.6 is 15.9 Å². The molecular weight excluding hydrogens is 235 g/mol. The number of aliphatic hydroxyl groups is 1. The van der Waals surface area contributed by atoms with Gasteiger partial charge < -0.3 is 5.11 Å². The van der Waals surface area contributed by atoms with Gasteiger partial charge in [-0.1, -0.05) is 22.9 Å². The summed E-state index contributed by atoms with van der Waals surface area (Å²) in [6, 6.07) is 4.66. The largest absolute Gasteiger partial charge is 0.385 e. The van der Waals surface area contributed by atoms with Crippen LogP contribution in [-0.4, -0.2) is 5.11 Å². The van der Waals surface area contributed by atoms with Crippen molar-refractivity contribution in [2.24, 2.45) is 5.92 Å². The van der Waals surface area contributed by atoms with Crippen LogP contribution in [0.3, 0.4) is 0 Å². The predicted molar refractivity (Wildman–Crippen MR) is 51.8 cm³/mol. The third kappa shape index (κ3) is 1.40. The summed E-state index contributed by atoms with van der Waals surface area (Å²) in [5.74, 6) is -0.161. The highest BCUT2D eigenvalue weighted by atomic mass is 79.9. The van der Waals surface area contributed by atoms with Gasteiger partial charge in [0.2, 0.25) is 0 Å². The molecule has 2 unspecified atom stereocenters. The molecule has 1 fully saturated rings. The standard InChI is InChI=1S/C10H10BrFO/c1-6-5-10(6,13)8-4-7(11)2-3-9(8)12/h2-4,6,13H,5H2,1H3. The fourth-order valence-corrected chi connectivity index (χ4v) is 1.97. The zero-order chi connectivity index (χ0) is 9.64. The summed E-state index contributed by atoms with van der Waals surface area (Å²) in [6.07, 6.45) is 0.653. The summed E-state index contributed by atoms with van der Waals surface area (Å²) >= 11 is 3.26. The summed E-state index contributed by atoms with van der Waals surface area (Å²) < 4.78 is 14.1. The lowest BCUT2D eigenvalue weighted by Gasteiger charge is -2.10. The number of hydrogen-bond donors (Lipinski definition) is 1. The fraction of sp³-hybridized carbons (Fsp3) is 0.400. The maximum absolute atomic E-state index is 13.3. The summed E-state index contributed by atoms with van der Waals surface area (Å²) in [5, 5.41) is 9.91. The smallest absolute Gasteiger partial charge is 0.129 e. The summed E-state index contributed by atoms with van der Waals surface area (Å²) in [5.41, 5.74) is -0.511. The summed E-state index contributed by atoms with van der Waals surface area (Å²) in [6.45, 7) is 1.92. The average Bonchev–Trinajstić information content (AvgIpc) is 2.66. The van der Waals surface area contributed by atoms with Gasteiger partial charge in [0.05, 0.1) is 5.60 Å². The molecule has 0 aliphatic heterocycles. The SMILES string of the molecule is CC1CC1(O)c1cc(Br)ccc1F. The number of rotatable bonds is 1. The topological polar surface area (TPSA) is 20.2 Å². The van der Waals surface area contributed by atoms with E-state index in [0.29, 0.717) is 12.0 Å². The van der Waals surface area contributed by atoms with Crippen molar-refractivity contribution in [3.63, 3.8) is 0 Å². The quantitative estimate of drug-likeness (QED) is 0.806. The molecule has 3 heteroatoms. The van der Waals surface area contributed by atoms with Gasteiger partial charge in [-0.3, -0.25) is 0 Å². The van der Waals surface area contributed by atoms with Crippen molar-refractivity contribution in [1.29, 1.82) is 0 Å². The second-order valence-electron chi connectivity index (χ2n) is 3.65. The lowest BCUT2D eigenvalue weighted by atomic mass is 10.1. The Morgan fingerprint density at radius 2 is 2.23 bits per heavy atom. The second-order valence-corrected chi connectivity index (χ2v) is 4.57. The predicted octanol–water partition coefficient (Wildman–Crippen LogP) is 2.82. The molecule has 0 heterocycles. The van der Waals surface area contributed by atoms with Crippen molar-refractivity contribution in [3.8, 4) is 0 Å². The monoisotopic (exact) mass is 244 g/mol. The molecule has 1 nitrogen and oxygen atoms in total. The molecule has 2 atom stereocenters. The molecule has 1 N–H and O–H groups in total.